The van der Waals surface area contributed by atoms with Gasteiger partial charge in [0.2, 0.25) is 0 Å². The summed E-state index contributed by atoms with van der Waals surface area (Å²) in [5, 5.41) is 20.1. The van der Waals surface area contributed by atoms with Gasteiger partial charge >= 0.3 is 0 Å². The van der Waals surface area contributed by atoms with Crippen molar-refractivity contribution >= 4 is 17.3 Å². The van der Waals surface area contributed by atoms with Crippen LogP contribution in [0.5, 0.6) is 11.5 Å². The van der Waals surface area contributed by atoms with Crippen LogP contribution in [-0.2, 0) is 0 Å². The Hall–Kier alpha value is -2.11. The molecule has 0 aromatic heterocycles. The minimum atomic E-state index is -0.552. The maximum Gasteiger partial charge on any atom is 0.288 e. The third kappa shape index (κ3) is 3.26. The molecule has 0 amide bonds. The smallest absolute Gasteiger partial charge is 0.288 e. The molecule has 0 aliphatic rings. The lowest BCUT2D eigenvalue weighted by Crippen LogP contribution is -1.92. The molecule has 0 aliphatic carbocycles. The summed E-state index contributed by atoms with van der Waals surface area (Å²) in [5.74, 6) is 0.963. The van der Waals surface area contributed by atoms with E-state index in [2.05, 4.69) is 0 Å². The van der Waals surface area contributed by atoms with Gasteiger partial charge in [-0.25, -0.2) is 0 Å². The topological polar surface area (TPSA) is 72.6 Å². The molecule has 2 aromatic carbocycles. The zero-order valence-corrected chi connectivity index (χ0v) is 11.4. The van der Waals surface area contributed by atoms with Crippen LogP contribution in [0.1, 0.15) is 18.6 Å². The maximum atomic E-state index is 10.6. The molecular formula is C14H12ClNO4. The van der Waals surface area contributed by atoms with E-state index in [-0.39, 0.29) is 10.7 Å². The van der Waals surface area contributed by atoms with Crippen LogP contribution in [-0.4, -0.2) is 10.0 Å². The van der Waals surface area contributed by atoms with Gasteiger partial charge in [0.25, 0.3) is 5.69 Å². The van der Waals surface area contributed by atoms with E-state index in [0.717, 1.165) is 5.56 Å². The second-order valence-corrected chi connectivity index (χ2v) is 4.62. The molecule has 1 N–H and O–H groups in total. The summed E-state index contributed by atoms with van der Waals surface area (Å²) in [4.78, 5) is 10.1. The van der Waals surface area contributed by atoms with Gasteiger partial charge in [0.1, 0.15) is 16.5 Å². The van der Waals surface area contributed by atoms with Crippen molar-refractivity contribution in [3.63, 3.8) is 0 Å². The molecule has 0 unspecified atom stereocenters. The predicted octanol–water partition coefficient (Wildman–Crippen LogP) is 4.09. The summed E-state index contributed by atoms with van der Waals surface area (Å²) in [7, 11) is 0. The van der Waals surface area contributed by atoms with E-state index in [0.29, 0.717) is 11.5 Å². The SMILES string of the molecule is C[C@H](O)c1ccc(Oc2ccc([N+](=O)[O-])c(Cl)c2)cc1. The zero-order chi connectivity index (χ0) is 14.7. The Morgan fingerprint density at radius 1 is 1.20 bits per heavy atom. The maximum absolute atomic E-state index is 10.6. The highest BCUT2D eigenvalue weighted by molar-refractivity contribution is 6.32. The third-order valence-corrected chi connectivity index (χ3v) is 3.02. The Labute approximate surface area is 120 Å². The number of nitrogens with zero attached hydrogens (tertiary/aromatic N) is 1. The fourth-order valence-electron chi connectivity index (χ4n) is 1.65. The lowest BCUT2D eigenvalue weighted by atomic mass is 10.1. The highest BCUT2D eigenvalue weighted by atomic mass is 35.5. The Morgan fingerprint density at radius 2 is 1.80 bits per heavy atom. The first-order valence-corrected chi connectivity index (χ1v) is 6.25. The number of rotatable bonds is 4. The lowest BCUT2D eigenvalue weighted by Gasteiger charge is -2.08. The molecule has 20 heavy (non-hydrogen) atoms. The van der Waals surface area contributed by atoms with E-state index in [9.17, 15) is 15.2 Å². The predicted molar refractivity (Wildman–Crippen MR) is 75.3 cm³/mol. The molecule has 0 radical (unpaired) electrons. The molecule has 0 aliphatic heterocycles. The molecule has 1 atom stereocenters. The molecule has 2 rings (SSSR count). The number of hydrogen-bond acceptors (Lipinski definition) is 4. The average molecular weight is 294 g/mol. The minimum Gasteiger partial charge on any atom is -0.457 e. The normalized spacial score (nSPS) is 11.9. The first-order chi connectivity index (χ1) is 9.47. The number of nitro benzene ring substituents is 1. The van der Waals surface area contributed by atoms with Crippen molar-refractivity contribution < 1.29 is 14.8 Å². The van der Waals surface area contributed by atoms with Crippen LogP contribution < -0.4 is 4.74 Å². The van der Waals surface area contributed by atoms with Crippen molar-refractivity contribution in [1.29, 1.82) is 0 Å². The van der Waals surface area contributed by atoms with Crippen LogP contribution >= 0.6 is 11.6 Å². The van der Waals surface area contributed by atoms with Gasteiger partial charge in [-0.1, -0.05) is 23.7 Å². The Morgan fingerprint density at radius 3 is 2.30 bits per heavy atom. The van der Waals surface area contributed by atoms with E-state index < -0.39 is 11.0 Å². The van der Waals surface area contributed by atoms with Crippen LogP contribution in [0.2, 0.25) is 5.02 Å². The third-order valence-electron chi connectivity index (χ3n) is 2.71. The van der Waals surface area contributed by atoms with Gasteiger partial charge in [-0.05, 0) is 30.7 Å². The summed E-state index contributed by atoms with van der Waals surface area (Å²) < 4.78 is 5.54. The fourth-order valence-corrected chi connectivity index (χ4v) is 1.89. The molecule has 0 heterocycles. The molecule has 5 nitrogen and oxygen atoms in total. The average Bonchev–Trinajstić information content (AvgIpc) is 2.39. The molecular weight excluding hydrogens is 282 g/mol. The summed E-state index contributed by atoms with van der Waals surface area (Å²) in [6, 6.07) is 11.1. The van der Waals surface area contributed by atoms with Crippen molar-refractivity contribution in [1.82, 2.24) is 0 Å². The number of nitro groups is 1. The quantitative estimate of drug-likeness (QED) is 0.680. The molecule has 0 saturated heterocycles. The number of halogens is 1. The first-order valence-electron chi connectivity index (χ1n) is 5.87. The van der Waals surface area contributed by atoms with E-state index in [1.54, 1.807) is 31.2 Å². The summed E-state index contributed by atoms with van der Waals surface area (Å²) in [6.07, 6.45) is -0.544. The molecule has 6 heteroatoms. The fraction of sp³-hybridized carbons (Fsp3) is 0.143. The van der Waals surface area contributed by atoms with Crippen LogP contribution in [0.3, 0.4) is 0 Å². The van der Waals surface area contributed by atoms with E-state index in [1.807, 2.05) is 0 Å². The standard InChI is InChI=1S/C14H12ClNO4/c1-9(17)10-2-4-11(5-3-10)20-12-6-7-14(16(18)19)13(15)8-12/h2-9,17H,1H3/t9-/m0/s1. The van der Waals surface area contributed by atoms with Gasteiger partial charge in [-0.2, -0.15) is 0 Å². The highest BCUT2D eigenvalue weighted by Gasteiger charge is 2.12. The summed E-state index contributed by atoms with van der Waals surface area (Å²) >= 11 is 5.80. The van der Waals surface area contributed by atoms with E-state index in [1.165, 1.54) is 18.2 Å². The Kier molecular flexibility index (Phi) is 4.22. The van der Waals surface area contributed by atoms with E-state index in [4.69, 9.17) is 16.3 Å². The van der Waals surface area contributed by atoms with Crippen LogP contribution in [0, 0.1) is 10.1 Å². The second-order valence-electron chi connectivity index (χ2n) is 4.22. The monoisotopic (exact) mass is 293 g/mol. The van der Waals surface area contributed by atoms with Gasteiger partial charge in [-0.15, -0.1) is 0 Å². The Balaban J connectivity index is 2.17. The first kappa shape index (κ1) is 14.3. The minimum absolute atomic E-state index is 0.0214. The largest absolute Gasteiger partial charge is 0.457 e. The van der Waals surface area contributed by atoms with Crippen LogP contribution in [0.4, 0.5) is 5.69 Å². The lowest BCUT2D eigenvalue weighted by molar-refractivity contribution is -0.384. The van der Waals surface area contributed by atoms with Gasteiger partial charge in [0.15, 0.2) is 0 Å². The van der Waals surface area contributed by atoms with E-state index >= 15 is 0 Å². The van der Waals surface area contributed by atoms with Crippen molar-refractivity contribution in [2.75, 3.05) is 0 Å². The second kappa shape index (κ2) is 5.90. The van der Waals surface area contributed by atoms with Crippen LogP contribution in [0.15, 0.2) is 42.5 Å². The molecule has 0 saturated carbocycles. The molecule has 0 fully saturated rings. The number of ether oxygens (including phenoxy) is 1. The van der Waals surface area contributed by atoms with Crippen molar-refractivity contribution in [3.8, 4) is 11.5 Å². The molecule has 2 aromatic rings. The van der Waals surface area contributed by atoms with Crippen molar-refractivity contribution in [3.05, 3.63) is 63.2 Å². The number of aliphatic hydroxyl groups excluding tert-OH is 1. The van der Waals surface area contributed by atoms with Gasteiger partial charge in [0, 0.05) is 12.1 Å². The van der Waals surface area contributed by atoms with Crippen LogP contribution in [0.25, 0.3) is 0 Å². The zero-order valence-electron chi connectivity index (χ0n) is 10.6. The van der Waals surface area contributed by atoms with Gasteiger partial charge in [0.05, 0.1) is 11.0 Å². The van der Waals surface area contributed by atoms with Crippen molar-refractivity contribution in [2.45, 2.75) is 13.0 Å². The molecule has 0 bridgehead atoms. The number of aliphatic hydroxyl groups is 1. The van der Waals surface area contributed by atoms with Gasteiger partial charge < -0.3 is 9.84 Å². The number of hydrogen-bond donors (Lipinski definition) is 1. The summed E-state index contributed by atoms with van der Waals surface area (Å²) in [6.45, 7) is 1.67. The van der Waals surface area contributed by atoms with Gasteiger partial charge in [-0.3, -0.25) is 10.1 Å². The molecule has 0 spiro atoms. The van der Waals surface area contributed by atoms with Crippen molar-refractivity contribution in [2.24, 2.45) is 0 Å². The number of benzene rings is 2. The highest BCUT2D eigenvalue weighted by Crippen LogP contribution is 2.31. The Bertz CT molecular complexity index is 626. The molecule has 104 valence electrons. The summed E-state index contributed by atoms with van der Waals surface area (Å²) in [5.41, 5.74) is 0.613.